The Kier molecular flexibility index (Phi) is 7.09. The molecule has 0 spiro atoms. The van der Waals surface area contributed by atoms with Crippen molar-refractivity contribution in [2.45, 2.75) is 75.6 Å². The first-order valence-corrected chi connectivity index (χ1v) is 14.2. The number of carbonyl (C=O) groups excluding carboxylic acids is 1. The van der Waals surface area contributed by atoms with Crippen molar-refractivity contribution in [3.8, 4) is 0 Å². The summed E-state index contributed by atoms with van der Waals surface area (Å²) >= 11 is 0. The fourth-order valence-electron chi connectivity index (χ4n) is 6.95. The van der Waals surface area contributed by atoms with Crippen LogP contribution >= 0.6 is 0 Å². The van der Waals surface area contributed by atoms with Gasteiger partial charge >= 0.3 is 0 Å². The van der Waals surface area contributed by atoms with E-state index in [0.717, 1.165) is 55.5 Å². The lowest BCUT2D eigenvalue weighted by Crippen LogP contribution is -2.44. The Balaban J connectivity index is 1.20. The van der Waals surface area contributed by atoms with Crippen LogP contribution in [0.2, 0.25) is 0 Å². The van der Waals surface area contributed by atoms with Gasteiger partial charge in [0, 0.05) is 46.3 Å². The highest BCUT2D eigenvalue weighted by Gasteiger charge is 2.40. The van der Waals surface area contributed by atoms with Gasteiger partial charge in [0.25, 0.3) is 5.91 Å². The van der Waals surface area contributed by atoms with E-state index in [-0.39, 0.29) is 18.1 Å². The molecule has 7 heteroatoms. The van der Waals surface area contributed by atoms with E-state index in [4.69, 9.17) is 11.1 Å². The van der Waals surface area contributed by atoms with E-state index in [1.807, 2.05) is 30.3 Å². The molecule has 2 aliphatic heterocycles. The van der Waals surface area contributed by atoms with Crippen molar-refractivity contribution in [3.05, 3.63) is 89.2 Å². The number of nitrogen functional groups attached to an aromatic ring is 1. The van der Waals surface area contributed by atoms with Gasteiger partial charge in [-0.05, 0) is 86.9 Å². The van der Waals surface area contributed by atoms with Crippen LogP contribution in [-0.4, -0.2) is 39.9 Å². The van der Waals surface area contributed by atoms with Crippen LogP contribution in [0.25, 0.3) is 0 Å². The number of anilines is 2. The summed E-state index contributed by atoms with van der Waals surface area (Å²) in [6, 6.07) is 19.7. The standard InChI is InChI=1S/C32H37N5O2/c33-28-15-10-22(32(39)36-31(21-5-1-2-6-21)29-7-3-4-16-35-29)17-27(28)30(34)20-8-11-23(12-9-20)37-24-13-14-25(37)19-26(38)18-24/h3-4,7-12,15-17,21,24-26,31,34,38H,1-2,5-6,13-14,18-19,33H2,(H,36,39). The van der Waals surface area contributed by atoms with Gasteiger partial charge in [0.1, 0.15) is 0 Å². The third-order valence-corrected chi connectivity index (χ3v) is 8.91. The van der Waals surface area contributed by atoms with Crippen LogP contribution in [0.5, 0.6) is 0 Å². The molecule has 1 aromatic heterocycles. The Morgan fingerprint density at radius 3 is 2.33 bits per heavy atom. The molecule has 39 heavy (non-hydrogen) atoms. The van der Waals surface area contributed by atoms with Crippen LogP contribution in [0.1, 0.15) is 84.6 Å². The Bertz CT molecular complexity index is 1320. The third kappa shape index (κ3) is 5.15. The molecular formula is C32H37N5O2. The second-order valence-corrected chi connectivity index (χ2v) is 11.4. The van der Waals surface area contributed by atoms with E-state index in [1.54, 1.807) is 24.4 Å². The van der Waals surface area contributed by atoms with E-state index < -0.39 is 0 Å². The average molecular weight is 524 g/mol. The smallest absolute Gasteiger partial charge is 0.251 e. The zero-order valence-corrected chi connectivity index (χ0v) is 22.2. The van der Waals surface area contributed by atoms with Gasteiger partial charge in [0.15, 0.2) is 0 Å². The number of benzene rings is 2. The number of nitrogens with zero attached hydrogens (tertiary/aromatic N) is 2. The number of rotatable bonds is 7. The molecule has 3 atom stereocenters. The predicted molar refractivity (Wildman–Crippen MR) is 154 cm³/mol. The molecule has 1 aliphatic carbocycles. The molecule has 2 bridgehead atoms. The summed E-state index contributed by atoms with van der Waals surface area (Å²) in [4.78, 5) is 20.4. The first-order chi connectivity index (χ1) is 19.0. The lowest BCUT2D eigenvalue weighted by atomic mass is 9.94. The minimum atomic E-state index is -0.198. The summed E-state index contributed by atoms with van der Waals surface area (Å²) in [5, 5.41) is 22.3. The molecule has 3 heterocycles. The molecule has 1 amide bonds. The maximum absolute atomic E-state index is 13.4. The molecular weight excluding hydrogens is 486 g/mol. The molecule has 6 rings (SSSR count). The van der Waals surface area contributed by atoms with Gasteiger partial charge in [-0.1, -0.05) is 31.0 Å². The Morgan fingerprint density at radius 1 is 0.974 bits per heavy atom. The molecule has 5 N–H and O–H groups in total. The number of fused-ring (bicyclic) bond motifs is 2. The number of hydrogen-bond donors (Lipinski definition) is 4. The maximum atomic E-state index is 13.4. The molecule has 0 radical (unpaired) electrons. The lowest BCUT2D eigenvalue weighted by Gasteiger charge is -2.39. The van der Waals surface area contributed by atoms with E-state index in [2.05, 4.69) is 27.3 Å². The van der Waals surface area contributed by atoms with Gasteiger partial charge in [-0.3, -0.25) is 15.2 Å². The number of aromatic nitrogens is 1. The Morgan fingerprint density at radius 2 is 1.67 bits per heavy atom. The number of pyridine rings is 1. The Hall–Kier alpha value is -3.71. The van der Waals surface area contributed by atoms with E-state index in [9.17, 15) is 9.90 Å². The molecule has 7 nitrogen and oxygen atoms in total. The molecule has 2 aromatic carbocycles. The molecule has 3 fully saturated rings. The number of aliphatic hydroxyl groups excluding tert-OH is 1. The zero-order chi connectivity index (χ0) is 26.9. The van der Waals surface area contributed by atoms with Gasteiger partial charge < -0.3 is 21.1 Å². The highest BCUT2D eigenvalue weighted by Crippen LogP contribution is 2.39. The van der Waals surface area contributed by atoms with Crippen molar-refractivity contribution in [2.24, 2.45) is 5.92 Å². The van der Waals surface area contributed by atoms with Gasteiger partial charge in [-0.15, -0.1) is 0 Å². The number of amides is 1. The van der Waals surface area contributed by atoms with Crippen molar-refractivity contribution in [2.75, 3.05) is 10.6 Å². The number of hydrogen-bond acceptors (Lipinski definition) is 6. The summed E-state index contributed by atoms with van der Waals surface area (Å²) in [5.74, 6) is 0.192. The first kappa shape index (κ1) is 25.6. The number of nitrogens with two attached hydrogens (primary N) is 1. The van der Waals surface area contributed by atoms with Crippen molar-refractivity contribution in [1.29, 1.82) is 5.41 Å². The van der Waals surface area contributed by atoms with Crippen molar-refractivity contribution >= 4 is 23.0 Å². The van der Waals surface area contributed by atoms with E-state index >= 15 is 0 Å². The van der Waals surface area contributed by atoms with Crippen LogP contribution in [0.4, 0.5) is 11.4 Å². The molecule has 2 saturated heterocycles. The van der Waals surface area contributed by atoms with Crippen LogP contribution in [-0.2, 0) is 0 Å². The Labute approximate surface area is 230 Å². The fraction of sp³-hybridized carbons (Fsp3) is 0.406. The molecule has 1 saturated carbocycles. The third-order valence-electron chi connectivity index (χ3n) is 8.91. The summed E-state index contributed by atoms with van der Waals surface area (Å²) < 4.78 is 0. The average Bonchev–Trinajstić information content (AvgIpc) is 3.58. The van der Waals surface area contributed by atoms with Crippen LogP contribution in [0.3, 0.4) is 0 Å². The highest BCUT2D eigenvalue weighted by molar-refractivity contribution is 6.15. The minimum Gasteiger partial charge on any atom is -0.398 e. The summed E-state index contributed by atoms with van der Waals surface area (Å²) in [6.45, 7) is 0. The van der Waals surface area contributed by atoms with Gasteiger partial charge in [0.05, 0.1) is 23.6 Å². The molecule has 3 unspecified atom stereocenters. The van der Waals surface area contributed by atoms with E-state index in [1.165, 1.54) is 12.8 Å². The van der Waals surface area contributed by atoms with Crippen LogP contribution in [0, 0.1) is 11.3 Å². The normalized spacial score (nSPS) is 23.5. The molecule has 3 aromatic rings. The van der Waals surface area contributed by atoms with E-state index in [0.29, 0.717) is 40.5 Å². The first-order valence-electron chi connectivity index (χ1n) is 14.2. The topological polar surface area (TPSA) is 115 Å². The monoisotopic (exact) mass is 523 g/mol. The SMILES string of the molecule is N=C(c1ccc(N2C3CCC2CC(O)C3)cc1)c1cc(C(=O)NC(c2ccccn2)C2CCCC2)ccc1N. The zero-order valence-electron chi connectivity index (χ0n) is 22.2. The van der Waals surface area contributed by atoms with Crippen LogP contribution < -0.4 is 16.0 Å². The van der Waals surface area contributed by atoms with Crippen molar-refractivity contribution in [1.82, 2.24) is 10.3 Å². The summed E-state index contributed by atoms with van der Waals surface area (Å²) in [7, 11) is 0. The summed E-state index contributed by atoms with van der Waals surface area (Å²) in [5.41, 5.74) is 10.9. The number of carbonyl (C=O) groups is 1. The number of aliphatic hydroxyl groups is 1. The fourth-order valence-corrected chi connectivity index (χ4v) is 6.95. The maximum Gasteiger partial charge on any atom is 0.251 e. The molecule has 3 aliphatic rings. The quantitative estimate of drug-likeness (QED) is 0.250. The minimum absolute atomic E-state index is 0.139. The second-order valence-electron chi connectivity index (χ2n) is 11.4. The van der Waals surface area contributed by atoms with Gasteiger partial charge in [-0.25, -0.2) is 0 Å². The lowest BCUT2D eigenvalue weighted by molar-refractivity contribution is 0.0920. The number of piperidine rings is 1. The second kappa shape index (κ2) is 10.8. The number of nitrogens with one attached hydrogen (secondary N) is 2. The predicted octanol–water partition coefficient (Wildman–Crippen LogP) is 5.23. The van der Waals surface area contributed by atoms with Crippen LogP contribution in [0.15, 0.2) is 66.9 Å². The largest absolute Gasteiger partial charge is 0.398 e. The van der Waals surface area contributed by atoms with Gasteiger partial charge in [0.2, 0.25) is 0 Å². The van der Waals surface area contributed by atoms with Crippen molar-refractivity contribution in [3.63, 3.8) is 0 Å². The summed E-state index contributed by atoms with van der Waals surface area (Å²) in [6.07, 6.45) is 9.96. The van der Waals surface area contributed by atoms with Crippen molar-refractivity contribution < 1.29 is 9.90 Å². The molecule has 202 valence electrons. The highest BCUT2D eigenvalue weighted by atomic mass is 16.3. The van der Waals surface area contributed by atoms with Gasteiger partial charge in [-0.2, -0.15) is 0 Å².